The van der Waals surface area contributed by atoms with E-state index >= 15 is 0 Å². The maximum absolute atomic E-state index is 13.9. The van der Waals surface area contributed by atoms with Gasteiger partial charge < -0.3 is 5.32 Å². The van der Waals surface area contributed by atoms with Crippen LogP contribution >= 0.6 is 11.6 Å². The summed E-state index contributed by atoms with van der Waals surface area (Å²) >= 11 is 6.28. The van der Waals surface area contributed by atoms with E-state index in [1.807, 2.05) is 12.1 Å². The molecular weight excluding hydrogens is 427 g/mol. The summed E-state index contributed by atoms with van der Waals surface area (Å²) in [5, 5.41) is 7.31. The van der Waals surface area contributed by atoms with Crippen LogP contribution < -0.4 is 5.32 Å². The van der Waals surface area contributed by atoms with Crippen LogP contribution in [-0.4, -0.2) is 31.0 Å². The lowest BCUT2D eigenvalue weighted by Crippen LogP contribution is -2.20. The van der Waals surface area contributed by atoms with Crippen LogP contribution in [0.2, 0.25) is 5.02 Å². The molecule has 30 heavy (non-hydrogen) atoms. The lowest BCUT2D eigenvalue weighted by Gasteiger charge is -2.17. The molecule has 0 radical (unpaired) electrons. The standard InChI is InChI=1S/C21H14ClFN4O2S/c1-30(29)17-7-12(11-2-5-18-24-10-25-27(18)9-11)6-15-19(17)20(26-21(15)28)14-8-13(23)3-4-16(14)22/h2-10,20H,1H3,(H,26,28). The third kappa shape index (κ3) is 3.00. The van der Waals surface area contributed by atoms with Crippen molar-refractivity contribution in [2.24, 2.45) is 0 Å². The Morgan fingerprint density at radius 2 is 2.00 bits per heavy atom. The minimum absolute atomic E-state index is 0.322. The second-order valence-corrected chi connectivity index (χ2v) is 8.70. The Bertz CT molecular complexity index is 1370. The first kappa shape index (κ1) is 18.9. The van der Waals surface area contributed by atoms with Crippen molar-refractivity contribution in [1.82, 2.24) is 19.9 Å². The molecule has 0 saturated carbocycles. The molecule has 3 heterocycles. The fraction of sp³-hybridized carbons (Fsp3) is 0.0952. The van der Waals surface area contributed by atoms with E-state index in [9.17, 15) is 13.4 Å². The highest BCUT2D eigenvalue weighted by Gasteiger charge is 2.35. The SMILES string of the molecule is CS(=O)c1cc(-c2ccc3ncnn3c2)cc2c1C(c1cc(F)ccc1Cl)NC2=O. The smallest absolute Gasteiger partial charge is 0.252 e. The molecule has 4 aromatic rings. The minimum Gasteiger partial charge on any atom is -0.341 e. The molecule has 0 saturated heterocycles. The lowest BCUT2D eigenvalue weighted by atomic mass is 9.95. The predicted octanol–water partition coefficient (Wildman–Crippen LogP) is 3.76. The highest BCUT2D eigenvalue weighted by atomic mass is 35.5. The molecule has 2 aromatic carbocycles. The zero-order valence-corrected chi connectivity index (χ0v) is 17.2. The van der Waals surface area contributed by atoms with Crippen LogP contribution in [-0.2, 0) is 10.8 Å². The van der Waals surface area contributed by atoms with Gasteiger partial charge in [-0.25, -0.2) is 13.9 Å². The number of hydrogen-bond donors (Lipinski definition) is 1. The number of amides is 1. The van der Waals surface area contributed by atoms with E-state index in [4.69, 9.17) is 11.6 Å². The van der Waals surface area contributed by atoms with Crippen molar-refractivity contribution in [2.75, 3.05) is 6.26 Å². The lowest BCUT2D eigenvalue weighted by molar-refractivity contribution is 0.0960. The minimum atomic E-state index is -1.40. The maximum atomic E-state index is 13.9. The Morgan fingerprint density at radius 1 is 1.17 bits per heavy atom. The zero-order valence-electron chi connectivity index (χ0n) is 15.6. The van der Waals surface area contributed by atoms with Crippen LogP contribution in [0.5, 0.6) is 0 Å². The van der Waals surface area contributed by atoms with Gasteiger partial charge in [-0.1, -0.05) is 11.6 Å². The van der Waals surface area contributed by atoms with E-state index in [-0.39, 0.29) is 5.91 Å². The van der Waals surface area contributed by atoms with Crippen LogP contribution in [0.15, 0.2) is 59.9 Å². The fourth-order valence-electron chi connectivity index (χ4n) is 3.75. The predicted molar refractivity (Wildman–Crippen MR) is 111 cm³/mol. The summed E-state index contributed by atoms with van der Waals surface area (Å²) in [6.07, 6.45) is 4.79. The van der Waals surface area contributed by atoms with Crippen LogP contribution in [0.25, 0.3) is 16.8 Å². The van der Waals surface area contributed by atoms with Gasteiger partial charge in [0.2, 0.25) is 0 Å². The number of aromatic nitrogens is 3. The summed E-state index contributed by atoms with van der Waals surface area (Å²) < 4.78 is 28.1. The Labute approximate surface area is 178 Å². The summed E-state index contributed by atoms with van der Waals surface area (Å²) in [5.41, 5.74) is 3.57. The van der Waals surface area contributed by atoms with Crippen molar-refractivity contribution >= 4 is 34.0 Å². The van der Waals surface area contributed by atoms with E-state index in [1.165, 1.54) is 24.5 Å². The summed E-state index contributed by atoms with van der Waals surface area (Å²) in [7, 11) is -1.40. The Hall–Kier alpha value is -3.10. The Kier molecular flexibility index (Phi) is 4.41. The van der Waals surface area contributed by atoms with Gasteiger partial charge in [0.05, 0.1) is 16.8 Å². The first-order valence-corrected chi connectivity index (χ1v) is 10.9. The quantitative estimate of drug-likeness (QED) is 0.526. The highest BCUT2D eigenvalue weighted by Crippen LogP contribution is 2.40. The maximum Gasteiger partial charge on any atom is 0.252 e. The largest absolute Gasteiger partial charge is 0.341 e. The average Bonchev–Trinajstić information content (AvgIpc) is 3.33. The molecule has 1 amide bonds. The molecule has 2 atom stereocenters. The number of halogens is 2. The summed E-state index contributed by atoms with van der Waals surface area (Å²) in [4.78, 5) is 17.4. The van der Waals surface area contributed by atoms with Crippen molar-refractivity contribution in [2.45, 2.75) is 10.9 Å². The molecule has 5 rings (SSSR count). The number of carbonyl (C=O) groups is 1. The van der Waals surface area contributed by atoms with Gasteiger partial charge in [0.1, 0.15) is 12.1 Å². The second-order valence-electron chi connectivity index (χ2n) is 6.94. The number of benzene rings is 2. The Morgan fingerprint density at radius 3 is 2.80 bits per heavy atom. The van der Waals surface area contributed by atoms with E-state index in [2.05, 4.69) is 15.4 Å². The summed E-state index contributed by atoms with van der Waals surface area (Å²) in [6, 6.07) is 10.5. The van der Waals surface area contributed by atoms with Crippen LogP contribution in [0.1, 0.15) is 27.5 Å². The van der Waals surface area contributed by atoms with Gasteiger partial charge in [0.15, 0.2) is 5.65 Å². The number of carbonyl (C=O) groups excluding carboxylic acids is 1. The summed E-state index contributed by atoms with van der Waals surface area (Å²) in [6.45, 7) is 0. The topological polar surface area (TPSA) is 76.4 Å². The third-order valence-corrected chi connectivity index (χ3v) is 6.44. The molecule has 1 aliphatic heterocycles. The van der Waals surface area contributed by atoms with Gasteiger partial charge in [-0.15, -0.1) is 0 Å². The van der Waals surface area contributed by atoms with E-state index in [1.54, 1.807) is 29.1 Å². The molecule has 1 aliphatic rings. The number of fused-ring (bicyclic) bond motifs is 2. The molecule has 0 aliphatic carbocycles. The number of nitrogens with zero attached hydrogens (tertiary/aromatic N) is 3. The molecule has 0 spiro atoms. The normalized spacial score (nSPS) is 16.5. The van der Waals surface area contributed by atoms with Crippen LogP contribution in [0, 0.1) is 5.82 Å². The average molecular weight is 441 g/mol. The molecular formula is C21H14ClFN4O2S. The number of hydrogen-bond acceptors (Lipinski definition) is 4. The molecule has 2 unspecified atom stereocenters. The van der Waals surface area contributed by atoms with Crippen LogP contribution in [0.3, 0.4) is 0 Å². The molecule has 150 valence electrons. The van der Waals surface area contributed by atoms with Crippen molar-refractivity contribution in [1.29, 1.82) is 0 Å². The van der Waals surface area contributed by atoms with Gasteiger partial charge in [-0.3, -0.25) is 9.00 Å². The molecule has 1 N–H and O–H groups in total. The molecule has 0 fully saturated rings. The second kappa shape index (κ2) is 7.00. The van der Waals surface area contributed by atoms with E-state index in [0.29, 0.717) is 32.3 Å². The fourth-order valence-corrected chi connectivity index (χ4v) is 4.81. The van der Waals surface area contributed by atoms with Crippen LogP contribution in [0.4, 0.5) is 4.39 Å². The van der Waals surface area contributed by atoms with Gasteiger partial charge in [-0.05, 0) is 48.0 Å². The van der Waals surface area contributed by atoms with Crippen molar-refractivity contribution in [3.8, 4) is 11.1 Å². The number of pyridine rings is 1. The third-order valence-electron chi connectivity index (χ3n) is 5.14. The van der Waals surface area contributed by atoms with Crippen molar-refractivity contribution in [3.05, 3.63) is 82.5 Å². The molecule has 9 heteroatoms. The first-order valence-electron chi connectivity index (χ1n) is 8.99. The monoisotopic (exact) mass is 440 g/mol. The number of nitrogens with one attached hydrogen (secondary N) is 1. The number of rotatable bonds is 3. The molecule has 2 aromatic heterocycles. The zero-order chi connectivity index (χ0) is 21.0. The van der Waals surface area contributed by atoms with Gasteiger partial charge in [0, 0.05) is 44.6 Å². The van der Waals surface area contributed by atoms with Crippen molar-refractivity contribution in [3.63, 3.8) is 0 Å². The Balaban J connectivity index is 1.72. The van der Waals surface area contributed by atoms with Crippen molar-refractivity contribution < 1.29 is 13.4 Å². The highest BCUT2D eigenvalue weighted by molar-refractivity contribution is 7.84. The van der Waals surface area contributed by atoms with Gasteiger partial charge >= 0.3 is 0 Å². The van der Waals surface area contributed by atoms with E-state index < -0.39 is 22.7 Å². The summed E-state index contributed by atoms with van der Waals surface area (Å²) in [5.74, 6) is -0.792. The first-order chi connectivity index (χ1) is 14.4. The van der Waals surface area contributed by atoms with Gasteiger partial charge in [-0.2, -0.15) is 5.10 Å². The van der Waals surface area contributed by atoms with E-state index in [0.717, 1.165) is 11.1 Å². The molecule has 0 bridgehead atoms. The molecule has 6 nitrogen and oxygen atoms in total. The van der Waals surface area contributed by atoms with Gasteiger partial charge in [0.25, 0.3) is 5.91 Å².